The topological polar surface area (TPSA) is 87.7 Å². The summed E-state index contributed by atoms with van der Waals surface area (Å²) in [6.45, 7) is 5.84. The van der Waals surface area contributed by atoms with Crippen molar-refractivity contribution >= 4 is 40.3 Å². The highest BCUT2D eigenvalue weighted by Gasteiger charge is 2.45. The van der Waals surface area contributed by atoms with Crippen LogP contribution in [0.3, 0.4) is 0 Å². The molecule has 3 aliphatic heterocycles. The molecule has 0 saturated carbocycles. The lowest BCUT2D eigenvalue weighted by Gasteiger charge is -2.53. The Labute approximate surface area is 253 Å². The highest BCUT2D eigenvalue weighted by Crippen LogP contribution is 2.43. The first-order valence-corrected chi connectivity index (χ1v) is 15.5. The molecule has 1 spiro atoms. The van der Waals surface area contributed by atoms with Crippen molar-refractivity contribution in [3.63, 3.8) is 0 Å². The highest BCUT2D eigenvalue weighted by molar-refractivity contribution is 7.15. The lowest BCUT2D eigenvalue weighted by Crippen LogP contribution is -2.59. The number of thiophene rings is 1. The van der Waals surface area contributed by atoms with E-state index in [1.54, 1.807) is 58.8 Å². The Morgan fingerprint density at radius 2 is 1.88 bits per heavy atom. The van der Waals surface area contributed by atoms with Gasteiger partial charge in [-0.25, -0.2) is 9.37 Å². The minimum atomic E-state index is -0.485. The van der Waals surface area contributed by atoms with Crippen LogP contribution in [0.25, 0.3) is 10.6 Å². The predicted octanol–water partition coefficient (Wildman–Crippen LogP) is 5.98. The lowest BCUT2D eigenvalue weighted by molar-refractivity contribution is -0.000509. The zero-order chi connectivity index (χ0) is 29.6. The second kappa shape index (κ2) is 11.2. The monoisotopic (exact) mass is 597 g/mol. The zero-order valence-corrected chi connectivity index (χ0v) is 24.8. The molecule has 2 amide bonds. The summed E-state index contributed by atoms with van der Waals surface area (Å²) in [4.78, 5) is 42.0. The van der Waals surface area contributed by atoms with Gasteiger partial charge in [0, 0.05) is 66.7 Å². The Hall–Kier alpha value is -4.15. The number of halogens is 1. The molecule has 4 aromatic rings. The van der Waals surface area contributed by atoms with Gasteiger partial charge >= 0.3 is 0 Å². The number of nitrogens with one attached hydrogen (secondary N) is 1. The lowest BCUT2D eigenvalue weighted by atomic mass is 9.73. The second-order valence-electron chi connectivity index (χ2n) is 11.5. The number of fused-ring (bicyclic) bond motifs is 3. The number of carbonyl (C=O) groups is 2. The quantitative estimate of drug-likeness (QED) is 0.305. The first kappa shape index (κ1) is 27.7. The fourth-order valence-electron chi connectivity index (χ4n) is 6.33. The van der Waals surface area contributed by atoms with Crippen LogP contribution in [0.2, 0.25) is 0 Å². The maximum absolute atomic E-state index is 14.4. The molecular weight excluding hydrogens is 565 g/mol. The van der Waals surface area contributed by atoms with E-state index in [2.05, 4.69) is 33.2 Å². The molecule has 8 nitrogen and oxygen atoms in total. The van der Waals surface area contributed by atoms with Crippen molar-refractivity contribution in [2.45, 2.75) is 32.6 Å². The summed E-state index contributed by atoms with van der Waals surface area (Å²) >= 11 is 1.65. The van der Waals surface area contributed by atoms with Crippen molar-refractivity contribution < 1.29 is 18.7 Å². The van der Waals surface area contributed by atoms with Crippen LogP contribution in [0.5, 0.6) is 0 Å². The van der Waals surface area contributed by atoms with Crippen LogP contribution < -0.4 is 15.1 Å². The number of rotatable bonds is 5. The Kier molecular flexibility index (Phi) is 7.18. The molecule has 0 atom stereocenters. The minimum Gasteiger partial charge on any atom is -0.381 e. The average Bonchev–Trinajstić information content (AvgIpc) is 3.37. The number of benzene rings is 1. The van der Waals surface area contributed by atoms with Gasteiger partial charge in [-0.3, -0.25) is 14.6 Å². The number of hydrogen-bond acceptors (Lipinski definition) is 7. The zero-order valence-electron chi connectivity index (χ0n) is 23.9. The number of carbonyl (C=O) groups excluding carboxylic acids is 2. The second-order valence-corrected chi connectivity index (χ2v) is 12.7. The fraction of sp³-hybridized carbons (Fsp3) is 0.333. The molecule has 3 aliphatic rings. The Morgan fingerprint density at radius 3 is 2.65 bits per heavy atom. The van der Waals surface area contributed by atoms with Crippen LogP contribution in [0, 0.1) is 11.2 Å². The number of hydrogen-bond donors (Lipinski definition) is 1. The molecule has 7 rings (SSSR count). The van der Waals surface area contributed by atoms with E-state index in [-0.39, 0.29) is 17.2 Å². The van der Waals surface area contributed by atoms with Gasteiger partial charge in [0.2, 0.25) is 0 Å². The molecule has 10 heteroatoms. The first-order chi connectivity index (χ1) is 20.9. The summed E-state index contributed by atoms with van der Waals surface area (Å²) < 4.78 is 19.9. The maximum atomic E-state index is 14.4. The SMILES string of the molecule is CCc1cc2c(s1)-c1ncc(F)cc1N(C(=O)c1ccc(NC(=O)c3cccnc3N3CC4(CCOCC4)C3)cc1)CC2. The van der Waals surface area contributed by atoms with E-state index in [9.17, 15) is 14.0 Å². The number of nitrogens with zero attached hydrogens (tertiary/aromatic N) is 4. The van der Waals surface area contributed by atoms with Crippen LogP contribution in [0.1, 0.15) is 50.9 Å². The van der Waals surface area contributed by atoms with E-state index in [0.717, 1.165) is 56.0 Å². The van der Waals surface area contributed by atoms with Crippen molar-refractivity contribution in [3.05, 3.63) is 88.3 Å². The Bertz CT molecular complexity index is 1690. The van der Waals surface area contributed by atoms with Gasteiger partial charge < -0.3 is 19.9 Å². The van der Waals surface area contributed by atoms with Gasteiger partial charge in [0.15, 0.2) is 0 Å². The highest BCUT2D eigenvalue weighted by atomic mass is 32.1. The van der Waals surface area contributed by atoms with E-state index in [1.807, 2.05) is 0 Å². The van der Waals surface area contributed by atoms with Crippen LogP contribution in [0.15, 0.2) is 60.9 Å². The molecular formula is C33H32FN5O3S. The molecule has 1 N–H and O–H groups in total. The number of ether oxygens (including phenoxy) is 1. The van der Waals surface area contributed by atoms with Gasteiger partial charge in [-0.2, -0.15) is 0 Å². The largest absolute Gasteiger partial charge is 0.381 e. The van der Waals surface area contributed by atoms with E-state index in [1.165, 1.54) is 17.1 Å². The fourth-order valence-corrected chi connectivity index (χ4v) is 7.48. The smallest absolute Gasteiger partial charge is 0.259 e. The normalized spacial score (nSPS) is 17.1. The molecule has 0 unspecified atom stereocenters. The van der Waals surface area contributed by atoms with Crippen LogP contribution in [0.4, 0.5) is 21.6 Å². The van der Waals surface area contributed by atoms with Crippen LogP contribution in [-0.2, 0) is 17.6 Å². The molecule has 0 aliphatic carbocycles. The number of anilines is 3. The molecule has 6 heterocycles. The van der Waals surface area contributed by atoms with E-state index >= 15 is 0 Å². The van der Waals surface area contributed by atoms with Crippen molar-refractivity contribution in [1.29, 1.82) is 0 Å². The summed E-state index contributed by atoms with van der Waals surface area (Å²) in [5, 5.41) is 2.96. The van der Waals surface area contributed by atoms with Crippen LogP contribution >= 0.6 is 11.3 Å². The van der Waals surface area contributed by atoms with Gasteiger partial charge in [-0.05, 0) is 73.7 Å². The van der Waals surface area contributed by atoms with E-state index in [0.29, 0.717) is 47.0 Å². The molecule has 0 bridgehead atoms. The number of aromatic nitrogens is 2. The number of aryl methyl sites for hydroxylation is 1. The summed E-state index contributed by atoms with van der Waals surface area (Å²) in [6, 6.07) is 13.9. The third-order valence-electron chi connectivity index (χ3n) is 8.73. The molecule has 43 heavy (non-hydrogen) atoms. The standard InChI is InChI=1S/C33H32FN5O3S/c1-2-25-16-22-9-13-39(27-17-23(34)18-36-28(27)29(22)43-25)32(41)21-5-7-24(8-6-21)37-31(40)26-4-3-12-35-30(26)38-19-33(20-38)10-14-42-15-11-33/h3-8,12,16-18H,2,9-11,13-15,19-20H2,1H3,(H,37,40). The van der Waals surface area contributed by atoms with E-state index in [4.69, 9.17) is 4.74 Å². The Balaban J connectivity index is 1.07. The van der Waals surface area contributed by atoms with Gasteiger partial charge in [0.1, 0.15) is 17.3 Å². The van der Waals surface area contributed by atoms with E-state index < -0.39 is 5.82 Å². The Morgan fingerprint density at radius 1 is 1.09 bits per heavy atom. The minimum absolute atomic E-state index is 0.244. The third-order valence-corrected chi connectivity index (χ3v) is 10.1. The van der Waals surface area contributed by atoms with Crippen molar-refractivity contribution in [1.82, 2.24) is 9.97 Å². The summed E-state index contributed by atoms with van der Waals surface area (Å²) in [5.41, 5.74) is 4.02. The van der Waals surface area contributed by atoms with Gasteiger partial charge in [-0.15, -0.1) is 11.3 Å². The first-order valence-electron chi connectivity index (χ1n) is 14.7. The van der Waals surface area contributed by atoms with Gasteiger partial charge in [-0.1, -0.05) is 6.92 Å². The van der Waals surface area contributed by atoms with Crippen molar-refractivity contribution in [3.8, 4) is 10.6 Å². The van der Waals surface area contributed by atoms with Gasteiger partial charge in [0.25, 0.3) is 11.8 Å². The molecule has 3 aromatic heterocycles. The van der Waals surface area contributed by atoms with Crippen LogP contribution in [-0.4, -0.2) is 54.6 Å². The predicted molar refractivity (Wildman–Crippen MR) is 166 cm³/mol. The van der Waals surface area contributed by atoms with Crippen molar-refractivity contribution in [2.75, 3.05) is 48.0 Å². The molecule has 0 radical (unpaired) electrons. The molecule has 2 saturated heterocycles. The summed E-state index contributed by atoms with van der Waals surface area (Å²) in [6.07, 6.45) is 6.56. The summed E-state index contributed by atoms with van der Waals surface area (Å²) in [5.74, 6) is -0.298. The number of pyridine rings is 2. The van der Waals surface area contributed by atoms with Gasteiger partial charge in [0.05, 0.1) is 22.3 Å². The van der Waals surface area contributed by atoms with Crippen molar-refractivity contribution in [2.24, 2.45) is 5.41 Å². The summed E-state index contributed by atoms with van der Waals surface area (Å²) in [7, 11) is 0. The molecule has 2 fully saturated rings. The molecule has 1 aromatic carbocycles. The number of amides is 2. The maximum Gasteiger partial charge on any atom is 0.259 e. The molecule has 220 valence electrons. The third kappa shape index (κ3) is 5.19. The average molecular weight is 598 g/mol.